The smallest absolute Gasteiger partial charge is 0.254 e. The monoisotopic (exact) mass is 381 g/mol. The van der Waals surface area contributed by atoms with E-state index in [1.165, 1.54) is 19.3 Å². The molecule has 148 valence electrons. The van der Waals surface area contributed by atoms with Gasteiger partial charge in [-0.2, -0.15) is 0 Å². The van der Waals surface area contributed by atoms with E-state index in [1.807, 2.05) is 6.92 Å². The Bertz CT molecular complexity index is 807. The lowest BCUT2D eigenvalue weighted by molar-refractivity contribution is 0.0931. The average molecular weight is 381 g/mol. The summed E-state index contributed by atoms with van der Waals surface area (Å²) in [5, 5.41) is 3.15. The normalized spacial score (nSPS) is 20.1. The van der Waals surface area contributed by atoms with Crippen molar-refractivity contribution < 1.29 is 4.79 Å². The minimum Gasteiger partial charge on any atom is -0.353 e. The summed E-state index contributed by atoms with van der Waals surface area (Å²) in [7, 11) is 0. The minimum absolute atomic E-state index is 0.0735. The Hall–Kier alpha value is -2.77. The van der Waals surface area contributed by atoms with Crippen LogP contribution in [0.25, 0.3) is 0 Å². The Labute approximate surface area is 165 Å². The van der Waals surface area contributed by atoms with Crippen molar-refractivity contribution in [3.05, 3.63) is 36.0 Å². The molecular formula is C20H27N7O. The maximum absolute atomic E-state index is 12.8. The van der Waals surface area contributed by atoms with Crippen molar-refractivity contribution in [3.8, 4) is 0 Å². The zero-order valence-electron chi connectivity index (χ0n) is 16.3. The Balaban J connectivity index is 1.40. The van der Waals surface area contributed by atoms with Crippen molar-refractivity contribution in [1.29, 1.82) is 0 Å². The number of carbonyl (C=O) groups is 1. The van der Waals surface area contributed by atoms with Crippen LogP contribution >= 0.6 is 0 Å². The van der Waals surface area contributed by atoms with E-state index in [0.717, 1.165) is 56.5 Å². The quantitative estimate of drug-likeness (QED) is 0.866. The largest absolute Gasteiger partial charge is 0.353 e. The number of hydrogen-bond donors (Lipinski definition) is 1. The zero-order valence-corrected chi connectivity index (χ0v) is 16.3. The van der Waals surface area contributed by atoms with Crippen molar-refractivity contribution in [2.75, 3.05) is 36.0 Å². The molecule has 0 aliphatic carbocycles. The molecule has 28 heavy (non-hydrogen) atoms. The first-order valence-corrected chi connectivity index (χ1v) is 10.1. The predicted molar refractivity (Wildman–Crippen MR) is 108 cm³/mol. The first-order chi connectivity index (χ1) is 13.7. The number of nitrogens with one attached hydrogen (secondary N) is 1. The number of hydrogen-bond acceptors (Lipinski definition) is 7. The molecule has 0 unspecified atom stereocenters. The van der Waals surface area contributed by atoms with E-state index in [0.29, 0.717) is 5.56 Å². The fraction of sp³-hybridized carbons (Fsp3) is 0.550. The molecule has 0 bridgehead atoms. The van der Waals surface area contributed by atoms with Gasteiger partial charge in [-0.05, 0) is 39.0 Å². The van der Waals surface area contributed by atoms with Gasteiger partial charge in [0.15, 0.2) is 0 Å². The molecule has 1 amide bonds. The molecule has 2 fully saturated rings. The summed E-state index contributed by atoms with van der Waals surface area (Å²) in [6.45, 7) is 5.53. The van der Waals surface area contributed by atoms with Gasteiger partial charge in [-0.15, -0.1) is 0 Å². The minimum atomic E-state index is -0.103. The number of aromatic nitrogens is 4. The number of anilines is 2. The highest BCUT2D eigenvalue weighted by Crippen LogP contribution is 2.19. The van der Waals surface area contributed by atoms with Crippen LogP contribution in [0.5, 0.6) is 0 Å². The Morgan fingerprint density at radius 1 is 1.04 bits per heavy atom. The van der Waals surface area contributed by atoms with Crippen LogP contribution in [-0.2, 0) is 0 Å². The van der Waals surface area contributed by atoms with Crippen LogP contribution in [0.1, 0.15) is 48.2 Å². The van der Waals surface area contributed by atoms with Crippen molar-refractivity contribution in [3.63, 3.8) is 0 Å². The second kappa shape index (κ2) is 8.50. The van der Waals surface area contributed by atoms with Crippen LogP contribution in [0.3, 0.4) is 0 Å². The van der Waals surface area contributed by atoms with Crippen LogP contribution < -0.4 is 15.1 Å². The molecule has 8 heteroatoms. The summed E-state index contributed by atoms with van der Waals surface area (Å²) >= 11 is 0. The molecule has 8 nitrogen and oxygen atoms in total. The number of rotatable bonds is 4. The SMILES string of the molecule is Cc1nc(N2CCCCC2)ncc1C(=O)N[C@H]1CCCN(c2cnccn2)C1. The number of piperidine rings is 2. The summed E-state index contributed by atoms with van der Waals surface area (Å²) in [6, 6.07) is 0.0735. The molecule has 4 heterocycles. The van der Waals surface area contributed by atoms with E-state index < -0.39 is 0 Å². The molecule has 2 aliphatic rings. The lowest BCUT2D eigenvalue weighted by Gasteiger charge is -2.33. The van der Waals surface area contributed by atoms with Gasteiger partial charge in [-0.25, -0.2) is 15.0 Å². The second-order valence-corrected chi connectivity index (χ2v) is 7.54. The van der Waals surface area contributed by atoms with E-state index >= 15 is 0 Å². The van der Waals surface area contributed by atoms with E-state index in [4.69, 9.17) is 0 Å². The molecule has 0 aromatic carbocycles. The van der Waals surface area contributed by atoms with E-state index in [1.54, 1.807) is 24.8 Å². The molecule has 0 saturated carbocycles. The molecule has 1 N–H and O–H groups in total. The van der Waals surface area contributed by atoms with Gasteiger partial charge >= 0.3 is 0 Å². The van der Waals surface area contributed by atoms with Gasteiger partial charge in [0.2, 0.25) is 5.95 Å². The van der Waals surface area contributed by atoms with Crippen LogP contribution in [0.15, 0.2) is 24.8 Å². The van der Waals surface area contributed by atoms with E-state index in [2.05, 4.69) is 35.1 Å². The molecule has 0 radical (unpaired) electrons. The second-order valence-electron chi connectivity index (χ2n) is 7.54. The summed E-state index contributed by atoms with van der Waals surface area (Å²) in [5.74, 6) is 1.49. The van der Waals surface area contributed by atoms with Gasteiger partial charge in [0.05, 0.1) is 17.5 Å². The fourth-order valence-electron chi connectivity index (χ4n) is 3.94. The zero-order chi connectivity index (χ0) is 19.3. The van der Waals surface area contributed by atoms with Crippen LogP contribution in [-0.4, -0.2) is 58.1 Å². The fourth-order valence-corrected chi connectivity index (χ4v) is 3.94. The molecule has 0 spiro atoms. The third-order valence-corrected chi connectivity index (χ3v) is 5.48. The molecule has 2 saturated heterocycles. The molecule has 2 aromatic heterocycles. The Kier molecular flexibility index (Phi) is 5.64. The van der Waals surface area contributed by atoms with Crippen molar-refractivity contribution >= 4 is 17.7 Å². The average Bonchev–Trinajstić information content (AvgIpc) is 2.75. The lowest BCUT2D eigenvalue weighted by Crippen LogP contribution is -2.48. The number of amides is 1. The first kappa shape index (κ1) is 18.6. The van der Waals surface area contributed by atoms with Gasteiger partial charge in [0.1, 0.15) is 5.82 Å². The van der Waals surface area contributed by atoms with E-state index in [-0.39, 0.29) is 11.9 Å². The van der Waals surface area contributed by atoms with Gasteiger partial charge in [0, 0.05) is 50.8 Å². The molecule has 2 aliphatic heterocycles. The molecule has 2 aromatic rings. The third-order valence-electron chi connectivity index (χ3n) is 5.48. The Morgan fingerprint density at radius 3 is 2.61 bits per heavy atom. The summed E-state index contributed by atoms with van der Waals surface area (Å²) < 4.78 is 0. The van der Waals surface area contributed by atoms with Crippen molar-refractivity contribution in [1.82, 2.24) is 25.3 Å². The van der Waals surface area contributed by atoms with Crippen LogP contribution in [0.2, 0.25) is 0 Å². The van der Waals surface area contributed by atoms with Crippen molar-refractivity contribution in [2.24, 2.45) is 0 Å². The maximum Gasteiger partial charge on any atom is 0.254 e. The first-order valence-electron chi connectivity index (χ1n) is 10.1. The van der Waals surface area contributed by atoms with Gasteiger partial charge in [-0.1, -0.05) is 0 Å². The predicted octanol–water partition coefficient (Wildman–Crippen LogP) is 1.96. The standard InChI is InChI=1S/C20H27N7O/c1-15-17(12-23-20(24-15)26-9-3-2-4-10-26)19(28)25-16-6-5-11-27(14-16)18-13-21-7-8-22-18/h7-8,12-13,16H,2-6,9-11,14H2,1H3,(H,25,28)/t16-/m0/s1. The summed E-state index contributed by atoms with van der Waals surface area (Å²) in [6.07, 6.45) is 12.4. The summed E-state index contributed by atoms with van der Waals surface area (Å²) in [4.78, 5) is 34.8. The van der Waals surface area contributed by atoms with Crippen LogP contribution in [0, 0.1) is 6.92 Å². The Morgan fingerprint density at radius 2 is 1.86 bits per heavy atom. The highest BCUT2D eigenvalue weighted by molar-refractivity contribution is 5.95. The van der Waals surface area contributed by atoms with Gasteiger partial charge in [-0.3, -0.25) is 9.78 Å². The highest BCUT2D eigenvalue weighted by atomic mass is 16.1. The number of nitrogens with zero attached hydrogens (tertiary/aromatic N) is 6. The molecule has 1 atom stereocenters. The lowest BCUT2D eigenvalue weighted by atomic mass is 10.1. The topological polar surface area (TPSA) is 87.1 Å². The highest BCUT2D eigenvalue weighted by Gasteiger charge is 2.24. The summed E-state index contributed by atoms with van der Waals surface area (Å²) in [5.41, 5.74) is 1.28. The number of aryl methyl sites for hydroxylation is 1. The van der Waals surface area contributed by atoms with E-state index in [9.17, 15) is 4.79 Å². The van der Waals surface area contributed by atoms with Gasteiger partial charge < -0.3 is 15.1 Å². The van der Waals surface area contributed by atoms with Gasteiger partial charge in [0.25, 0.3) is 5.91 Å². The molecular weight excluding hydrogens is 354 g/mol. The molecule has 4 rings (SSSR count). The third kappa shape index (κ3) is 4.21. The maximum atomic E-state index is 12.8. The van der Waals surface area contributed by atoms with Crippen molar-refractivity contribution in [2.45, 2.75) is 45.1 Å². The van der Waals surface area contributed by atoms with Crippen LogP contribution in [0.4, 0.5) is 11.8 Å². The number of carbonyl (C=O) groups excluding carboxylic acids is 1.